The number of likely N-dealkylation sites (tertiary alicyclic amines) is 1. The summed E-state index contributed by atoms with van der Waals surface area (Å²) in [6.07, 6.45) is 3.40. The predicted octanol–water partition coefficient (Wildman–Crippen LogP) is 3.01. The molecule has 0 bridgehead atoms. The van der Waals surface area contributed by atoms with E-state index in [1.165, 1.54) is 5.56 Å². The van der Waals surface area contributed by atoms with Crippen LogP contribution in [0.1, 0.15) is 30.4 Å². The number of piperidine rings is 1. The largest absolute Gasteiger partial charge is 0.393 e. The van der Waals surface area contributed by atoms with E-state index in [4.69, 9.17) is 0 Å². The van der Waals surface area contributed by atoms with Gasteiger partial charge in [-0.3, -0.25) is 9.69 Å². The zero-order valence-corrected chi connectivity index (χ0v) is 15.9. The Balaban J connectivity index is 1.34. The highest BCUT2D eigenvalue weighted by Gasteiger charge is 2.25. The molecule has 1 amide bonds. The first-order chi connectivity index (χ1) is 13.2. The smallest absolute Gasteiger partial charge is 0.234 e. The molecule has 3 rings (SSSR count). The minimum atomic E-state index is -0.251. The Hall–Kier alpha value is -2.17. The van der Waals surface area contributed by atoms with Gasteiger partial charge in [-0.05, 0) is 55.8 Å². The highest BCUT2D eigenvalue weighted by molar-refractivity contribution is 5.78. The molecule has 2 N–H and O–H groups in total. The number of carbonyl (C=O) groups excluding carboxylic acids is 1. The van der Waals surface area contributed by atoms with E-state index in [0.29, 0.717) is 19.0 Å². The van der Waals surface area contributed by atoms with Gasteiger partial charge in [0.25, 0.3) is 0 Å². The predicted molar refractivity (Wildman–Crippen MR) is 108 cm³/mol. The molecule has 1 fully saturated rings. The van der Waals surface area contributed by atoms with Crippen molar-refractivity contribution in [1.29, 1.82) is 0 Å². The summed E-state index contributed by atoms with van der Waals surface area (Å²) in [4.78, 5) is 14.4. The van der Waals surface area contributed by atoms with Gasteiger partial charge in [-0.1, -0.05) is 60.7 Å². The van der Waals surface area contributed by atoms with Gasteiger partial charge in [0.05, 0.1) is 12.6 Å². The van der Waals surface area contributed by atoms with Gasteiger partial charge in [0, 0.05) is 6.54 Å². The zero-order chi connectivity index (χ0) is 18.9. The van der Waals surface area contributed by atoms with Crippen molar-refractivity contribution in [3.05, 3.63) is 71.8 Å². The molecule has 2 aromatic rings. The third kappa shape index (κ3) is 6.49. The molecule has 1 atom stereocenters. The van der Waals surface area contributed by atoms with Gasteiger partial charge in [0.2, 0.25) is 5.91 Å². The topological polar surface area (TPSA) is 52.6 Å². The molecule has 0 spiro atoms. The number of aliphatic hydroxyl groups is 1. The van der Waals surface area contributed by atoms with Crippen molar-refractivity contribution < 1.29 is 9.90 Å². The van der Waals surface area contributed by atoms with Gasteiger partial charge in [-0.2, -0.15) is 0 Å². The van der Waals surface area contributed by atoms with Crippen LogP contribution in [0.15, 0.2) is 60.7 Å². The Kier molecular flexibility index (Phi) is 7.43. The van der Waals surface area contributed by atoms with Gasteiger partial charge in [-0.25, -0.2) is 0 Å². The molecule has 4 heteroatoms. The molecular formula is C23H30N2O2. The van der Waals surface area contributed by atoms with E-state index < -0.39 is 0 Å². The van der Waals surface area contributed by atoms with Crippen LogP contribution in [0.3, 0.4) is 0 Å². The Labute approximate surface area is 162 Å². The van der Waals surface area contributed by atoms with E-state index in [1.54, 1.807) is 0 Å². The molecule has 0 aromatic heterocycles. The molecule has 27 heavy (non-hydrogen) atoms. The zero-order valence-electron chi connectivity index (χ0n) is 15.9. The third-order valence-corrected chi connectivity index (χ3v) is 5.45. The van der Waals surface area contributed by atoms with Crippen molar-refractivity contribution in [2.75, 3.05) is 19.6 Å². The summed E-state index contributed by atoms with van der Waals surface area (Å²) < 4.78 is 0. The maximum absolute atomic E-state index is 12.2. The maximum atomic E-state index is 12.2. The van der Waals surface area contributed by atoms with Crippen LogP contribution in [0.5, 0.6) is 0 Å². The van der Waals surface area contributed by atoms with E-state index in [9.17, 15) is 9.90 Å². The number of amides is 1. The third-order valence-electron chi connectivity index (χ3n) is 5.45. The lowest BCUT2D eigenvalue weighted by molar-refractivity contribution is -0.122. The van der Waals surface area contributed by atoms with Crippen molar-refractivity contribution in [3.8, 4) is 0 Å². The summed E-state index contributed by atoms with van der Waals surface area (Å²) in [6, 6.07) is 20.3. The van der Waals surface area contributed by atoms with Crippen molar-refractivity contribution in [2.45, 2.75) is 38.3 Å². The maximum Gasteiger partial charge on any atom is 0.234 e. The van der Waals surface area contributed by atoms with Crippen molar-refractivity contribution in [1.82, 2.24) is 10.2 Å². The number of hydrogen-bond donors (Lipinski definition) is 2. The first kappa shape index (κ1) is 19.6. The average molecular weight is 367 g/mol. The van der Waals surface area contributed by atoms with Gasteiger partial charge >= 0.3 is 0 Å². The van der Waals surface area contributed by atoms with Gasteiger partial charge in [0.1, 0.15) is 0 Å². The molecule has 1 heterocycles. The van der Waals surface area contributed by atoms with Crippen LogP contribution < -0.4 is 5.32 Å². The molecule has 144 valence electrons. The van der Waals surface area contributed by atoms with E-state index in [-0.39, 0.29) is 12.0 Å². The monoisotopic (exact) mass is 366 g/mol. The fourth-order valence-electron chi connectivity index (χ4n) is 3.75. The van der Waals surface area contributed by atoms with Gasteiger partial charge in [-0.15, -0.1) is 0 Å². The lowest BCUT2D eigenvalue weighted by atomic mass is 9.88. The molecule has 0 aliphatic carbocycles. The van der Waals surface area contributed by atoms with E-state index in [2.05, 4.69) is 22.3 Å². The standard InChI is InChI=1S/C23H30N2O2/c26-22(12-11-19-7-3-1-4-8-19)21-13-15-25(16-14-21)18-23(27)24-17-20-9-5-2-6-10-20/h1-10,21-22,26H,11-18H2,(H,24,27). The highest BCUT2D eigenvalue weighted by atomic mass is 16.3. The fourth-order valence-corrected chi connectivity index (χ4v) is 3.75. The number of nitrogens with zero attached hydrogens (tertiary/aromatic N) is 1. The molecule has 4 nitrogen and oxygen atoms in total. The van der Waals surface area contributed by atoms with E-state index in [0.717, 1.165) is 44.3 Å². The average Bonchev–Trinajstić information content (AvgIpc) is 2.72. The molecule has 1 aliphatic heterocycles. The van der Waals surface area contributed by atoms with Gasteiger partial charge in [0.15, 0.2) is 0 Å². The highest BCUT2D eigenvalue weighted by Crippen LogP contribution is 2.23. The fraction of sp³-hybridized carbons (Fsp3) is 0.435. The van der Waals surface area contributed by atoms with Crippen LogP contribution in [0.2, 0.25) is 0 Å². The van der Waals surface area contributed by atoms with E-state index in [1.807, 2.05) is 48.5 Å². The van der Waals surface area contributed by atoms with Crippen molar-refractivity contribution in [2.24, 2.45) is 5.92 Å². The molecule has 1 aliphatic rings. The number of hydrogen-bond acceptors (Lipinski definition) is 3. The van der Waals surface area contributed by atoms with Crippen LogP contribution >= 0.6 is 0 Å². The van der Waals surface area contributed by atoms with Gasteiger partial charge < -0.3 is 10.4 Å². The normalized spacial score (nSPS) is 16.8. The summed E-state index contributed by atoms with van der Waals surface area (Å²) in [7, 11) is 0. The lowest BCUT2D eigenvalue weighted by Gasteiger charge is -2.33. The van der Waals surface area contributed by atoms with Crippen LogP contribution in [0, 0.1) is 5.92 Å². The van der Waals surface area contributed by atoms with Crippen LogP contribution in [-0.2, 0) is 17.8 Å². The van der Waals surface area contributed by atoms with Crippen LogP contribution in [0.4, 0.5) is 0 Å². The quantitative estimate of drug-likeness (QED) is 0.755. The first-order valence-electron chi connectivity index (χ1n) is 9.95. The molecule has 1 unspecified atom stereocenters. The van der Waals surface area contributed by atoms with Crippen LogP contribution in [0.25, 0.3) is 0 Å². The number of nitrogens with one attached hydrogen (secondary N) is 1. The van der Waals surface area contributed by atoms with Crippen molar-refractivity contribution in [3.63, 3.8) is 0 Å². The van der Waals surface area contributed by atoms with E-state index >= 15 is 0 Å². The second-order valence-electron chi connectivity index (χ2n) is 7.47. The Bertz CT molecular complexity index is 682. The van der Waals surface area contributed by atoms with Crippen molar-refractivity contribution >= 4 is 5.91 Å². The molecule has 0 saturated carbocycles. The number of rotatable bonds is 8. The molecular weight excluding hydrogens is 336 g/mol. The lowest BCUT2D eigenvalue weighted by Crippen LogP contribution is -2.43. The number of aliphatic hydroxyl groups excluding tert-OH is 1. The summed E-state index contributed by atoms with van der Waals surface area (Å²) in [5.41, 5.74) is 2.40. The first-order valence-corrected chi connectivity index (χ1v) is 9.95. The Morgan fingerprint density at radius 2 is 1.59 bits per heavy atom. The molecule has 1 saturated heterocycles. The number of benzene rings is 2. The second-order valence-corrected chi connectivity index (χ2v) is 7.47. The molecule has 2 aromatic carbocycles. The number of aryl methyl sites for hydroxylation is 1. The summed E-state index contributed by atoms with van der Waals surface area (Å²) in [5, 5.41) is 13.5. The SMILES string of the molecule is O=C(CN1CCC(C(O)CCc2ccccc2)CC1)NCc1ccccc1. The Morgan fingerprint density at radius 1 is 1.00 bits per heavy atom. The minimum Gasteiger partial charge on any atom is -0.393 e. The number of carbonyl (C=O) groups is 1. The van der Waals surface area contributed by atoms with Crippen LogP contribution in [-0.4, -0.2) is 41.7 Å². The molecule has 0 radical (unpaired) electrons. The Morgan fingerprint density at radius 3 is 2.22 bits per heavy atom. The minimum absolute atomic E-state index is 0.0712. The summed E-state index contributed by atoms with van der Waals surface area (Å²) in [5.74, 6) is 0.416. The second kappa shape index (κ2) is 10.2. The summed E-state index contributed by atoms with van der Waals surface area (Å²) in [6.45, 7) is 2.78. The summed E-state index contributed by atoms with van der Waals surface area (Å²) >= 11 is 0.